The number of benzene rings is 1. The fourth-order valence-electron chi connectivity index (χ4n) is 2.22. The molecule has 0 bridgehead atoms. The quantitative estimate of drug-likeness (QED) is 0.773. The lowest BCUT2D eigenvalue weighted by Gasteiger charge is -2.11. The van der Waals surface area contributed by atoms with Gasteiger partial charge in [-0.1, -0.05) is 17.3 Å². The van der Waals surface area contributed by atoms with Crippen LogP contribution in [-0.2, 0) is 4.84 Å². The van der Waals surface area contributed by atoms with E-state index < -0.39 is 0 Å². The Morgan fingerprint density at radius 2 is 2.20 bits per heavy atom. The van der Waals surface area contributed by atoms with Gasteiger partial charge in [0.2, 0.25) is 0 Å². The zero-order valence-corrected chi connectivity index (χ0v) is 14.9. The number of carbonyl (C=O) groups excluding carboxylic acids is 1. The Bertz CT molecular complexity index is 755. The van der Waals surface area contributed by atoms with Gasteiger partial charge in [-0.05, 0) is 40.2 Å². The molecule has 0 unspecified atom stereocenters. The van der Waals surface area contributed by atoms with Crippen molar-refractivity contribution in [1.29, 1.82) is 0 Å². The Morgan fingerprint density at radius 3 is 3.00 bits per heavy atom. The minimum Gasteiger partial charge on any atom is -0.486 e. The molecule has 1 aromatic carbocycles. The van der Waals surface area contributed by atoms with E-state index in [1.165, 1.54) is 0 Å². The maximum Gasteiger partial charge on any atom is 0.319 e. The molecule has 3 rings (SSSR count). The number of halogens is 1. The molecule has 2 heterocycles. The van der Waals surface area contributed by atoms with E-state index in [1.54, 1.807) is 24.5 Å². The maximum absolute atomic E-state index is 11.8. The number of hydrogen-bond donors (Lipinski definition) is 2. The van der Waals surface area contributed by atoms with E-state index in [2.05, 4.69) is 36.7 Å². The molecule has 0 spiro atoms. The SMILES string of the molecule is O=C(NC[C@@H]1CC(COc2ccccc2Br)=NO1)Nc1cccnc1. The van der Waals surface area contributed by atoms with Crippen LogP contribution in [0.5, 0.6) is 5.75 Å². The first-order valence-electron chi connectivity index (χ1n) is 7.74. The first-order valence-corrected chi connectivity index (χ1v) is 8.54. The largest absolute Gasteiger partial charge is 0.486 e. The van der Waals surface area contributed by atoms with Crippen molar-refractivity contribution in [3.05, 3.63) is 53.3 Å². The van der Waals surface area contributed by atoms with E-state index >= 15 is 0 Å². The molecule has 130 valence electrons. The van der Waals surface area contributed by atoms with E-state index in [9.17, 15) is 4.79 Å². The number of para-hydroxylation sites is 1. The summed E-state index contributed by atoms with van der Waals surface area (Å²) in [6, 6.07) is 10.8. The van der Waals surface area contributed by atoms with Gasteiger partial charge in [0.25, 0.3) is 0 Å². The predicted molar refractivity (Wildman–Crippen MR) is 97.8 cm³/mol. The Kier molecular flexibility index (Phi) is 5.84. The van der Waals surface area contributed by atoms with Crippen LogP contribution < -0.4 is 15.4 Å². The van der Waals surface area contributed by atoms with Crippen LogP contribution in [0.2, 0.25) is 0 Å². The topological polar surface area (TPSA) is 84.8 Å². The number of aromatic nitrogens is 1. The molecule has 7 nitrogen and oxygen atoms in total. The van der Waals surface area contributed by atoms with Crippen molar-refractivity contribution in [1.82, 2.24) is 10.3 Å². The van der Waals surface area contributed by atoms with Gasteiger partial charge in [-0.3, -0.25) is 4.98 Å². The van der Waals surface area contributed by atoms with Crippen LogP contribution >= 0.6 is 15.9 Å². The fourth-order valence-corrected chi connectivity index (χ4v) is 2.62. The smallest absolute Gasteiger partial charge is 0.319 e. The van der Waals surface area contributed by atoms with Gasteiger partial charge in [0.05, 0.1) is 28.6 Å². The number of nitrogens with one attached hydrogen (secondary N) is 2. The molecule has 0 fully saturated rings. The third kappa shape index (κ3) is 5.18. The van der Waals surface area contributed by atoms with Gasteiger partial charge in [0, 0.05) is 12.6 Å². The van der Waals surface area contributed by atoms with E-state index in [0.29, 0.717) is 25.3 Å². The number of carbonyl (C=O) groups is 1. The summed E-state index contributed by atoms with van der Waals surface area (Å²) in [5.41, 5.74) is 1.43. The number of nitrogens with zero attached hydrogens (tertiary/aromatic N) is 2. The molecule has 0 saturated heterocycles. The fraction of sp³-hybridized carbons (Fsp3) is 0.235. The molecule has 2 amide bonds. The molecule has 8 heteroatoms. The number of anilines is 1. The van der Waals surface area contributed by atoms with Gasteiger partial charge in [-0.15, -0.1) is 0 Å². The van der Waals surface area contributed by atoms with Crippen molar-refractivity contribution in [2.75, 3.05) is 18.5 Å². The highest BCUT2D eigenvalue weighted by Crippen LogP contribution is 2.24. The number of amides is 2. The molecule has 2 N–H and O–H groups in total. The van der Waals surface area contributed by atoms with Crippen molar-refractivity contribution in [3.8, 4) is 5.75 Å². The van der Waals surface area contributed by atoms with Gasteiger partial charge in [-0.2, -0.15) is 0 Å². The summed E-state index contributed by atoms with van der Waals surface area (Å²) < 4.78 is 6.60. The molecular weight excluding hydrogens is 388 g/mol. The molecule has 0 radical (unpaired) electrons. The third-order valence-corrected chi connectivity index (χ3v) is 4.09. The predicted octanol–water partition coefficient (Wildman–Crippen LogP) is 3.19. The van der Waals surface area contributed by atoms with Gasteiger partial charge in [-0.25, -0.2) is 4.79 Å². The van der Waals surface area contributed by atoms with E-state index in [1.807, 2.05) is 24.3 Å². The second kappa shape index (κ2) is 8.48. The van der Waals surface area contributed by atoms with E-state index in [0.717, 1.165) is 15.9 Å². The number of ether oxygens (including phenoxy) is 1. The lowest BCUT2D eigenvalue weighted by Crippen LogP contribution is -2.35. The minimum absolute atomic E-state index is 0.197. The molecule has 0 aliphatic carbocycles. The van der Waals surface area contributed by atoms with Crippen LogP contribution in [-0.4, -0.2) is 36.0 Å². The average molecular weight is 405 g/mol. The van der Waals surface area contributed by atoms with Gasteiger partial charge in [0.15, 0.2) is 0 Å². The van der Waals surface area contributed by atoms with Crippen LogP contribution in [0.3, 0.4) is 0 Å². The highest BCUT2D eigenvalue weighted by molar-refractivity contribution is 9.10. The van der Waals surface area contributed by atoms with Crippen LogP contribution in [0.1, 0.15) is 6.42 Å². The first-order chi connectivity index (χ1) is 12.2. The standard InChI is InChI=1S/C17H17BrN4O3/c18-15-5-1-2-6-16(15)24-11-13-8-14(25-22-13)10-20-17(23)21-12-4-3-7-19-9-12/h1-7,9,14H,8,10-11H2,(H2,20,21,23)/t14-/m0/s1. The summed E-state index contributed by atoms with van der Waals surface area (Å²) >= 11 is 3.43. The summed E-state index contributed by atoms with van der Waals surface area (Å²) in [6.07, 6.45) is 3.63. The number of hydrogen-bond acceptors (Lipinski definition) is 5. The second-order valence-corrected chi connectivity index (χ2v) is 6.24. The zero-order valence-electron chi connectivity index (χ0n) is 13.3. The zero-order chi connectivity index (χ0) is 17.5. The van der Waals surface area contributed by atoms with Gasteiger partial charge >= 0.3 is 6.03 Å². The first kappa shape index (κ1) is 17.2. The molecular formula is C17H17BrN4O3. The van der Waals surface area contributed by atoms with Crippen molar-refractivity contribution >= 4 is 33.4 Å². The summed E-state index contributed by atoms with van der Waals surface area (Å²) in [6.45, 7) is 0.703. The Labute approximate surface area is 153 Å². The summed E-state index contributed by atoms with van der Waals surface area (Å²) in [7, 11) is 0. The monoisotopic (exact) mass is 404 g/mol. The maximum atomic E-state index is 11.8. The number of rotatable bonds is 6. The third-order valence-electron chi connectivity index (χ3n) is 3.43. The summed E-state index contributed by atoms with van der Waals surface area (Å²) in [4.78, 5) is 21.1. The van der Waals surface area contributed by atoms with Crippen molar-refractivity contribution in [3.63, 3.8) is 0 Å². The lowest BCUT2D eigenvalue weighted by molar-refractivity contribution is 0.0869. The minimum atomic E-state index is -0.311. The lowest BCUT2D eigenvalue weighted by atomic mass is 10.2. The molecule has 2 aromatic rings. The molecule has 0 saturated carbocycles. The van der Waals surface area contributed by atoms with Crippen LogP contribution in [0.25, 0.3) is 0 Å². The van der Waals surface area contributed by atoms with Crippen molar-refractivity contribution in [2.45, 2.75) is 12.5 Å². The Hall–Kier alpha value is -2.61. The molecule has 25 heavy (non-hydrogen) atoms. The summed E-state index contributed by atoms with van der Waals surface area (Å²) in [5.74, 6) is 0.752. The van der Waals surface area contributed by atoms with Crippen molar-refractivity contribution < 1.29 is 14.4 Å². The van der Waals surface area contributed by atoms with Gasteiger partial charge < -0.3 is 20.2 Å². The molecule has 1 aromatic heterocycles. The molecule has 1 atom stereocenters. The van der Waals surface area contributed by atoms with E-state index in [-0.39, 0.29) is 12.1 Å². The molecule has 1 aliphatic heterocycles. The Morgan fingerprint density at radius 1 is 1.32 bits per heavy atom. The van der Waals surface area contributed by atoms with Crippen LogP contribution in [0, 0.1) is 0 Å². The average Bonchev–Trinajstić information content (AvgIpc) is 3.08. The number of urea groups is 1. The van der Waals surface area contributed by atoms with Gasteiger partial charge in [0.1, 0.15) is 18.5 Å². The van der Waals surface area contributed by atoms with Crippen molar-refractivity contribution in [2.24, 2.45) is 5.16 Å². The van der Waals surface area contributed by atoms with Crippen LogP contribution in [0.4, 0.5) is 10.5 Å². The number of oxime groups is 1. The second-order valence-electron chi connectivity index (χ2n) is 5.38. The van der Waals surface area contributed by atoms with Crippen LogP contribution in [0.15, 0.2) is 58.4 Å². The number of pyridine rings is 1. The normalized spacial score (nSPS) is 15.9. The van der Waals surface area contributed by atoms with E-state index in [4.69, 9.17) is 9.57 Å². The highest BCUT2D eigenvalue weighted by atomic mass is 79.9. The highest BCUT2D eigenvalue weighted by Gasteiger charge is 2.22. The Balaban J connectivity index is 1.38. The summed E-state index contributed by atoms with van der Waals surface area (Å²) in [5, 5.41) is 9.47. The molecule has 1 aliphatic rings.